The number of nitrogen functional groups attached to an aromatic ring is 1. The summed E-state index contributed by atoms with van der Waals surface area (Å²) in [7, 11) is 0. The minimum absolute atomic E-state index is 0.294. The molecule has 7 heteroatoms. The van der Waals surface area contributed by atoms with Gasteiger partial charge in [-0.25, -0.2) is 4.79 Å². The lowest BCUT2D eigenvalue weighted by Gasteiger charge is -2.13. The number of halogens is 2. The first-order chi connectivity index (χ1) is 10.0. The lowest BCUT2D eigenvalue weighted by atomic mass is 10.1. The average molecular weight is 390 g/mol. The highest BCUT2D eigenvalue weighted by Crippen LogP contribution is 2.31. The van der Waals surface area contributed by atoms with Gasteiger partial charge in [0.25, 0.3) is 0 Å². The van der Waals surface area contributed by atoms with Crippen molar-refractivity contribution in [3.05, 3.63) is 43.5 Å². The summed E-state index contributed by atoms with van der Waals surface area (Å²) < 4.78 is 6.06. The maximum absolute atomic E-state index is 12.0. The van der Waals surface area contributed by atoms with Crippen LogP contribution in [0.1, 0.15) is 22.2 Å². The lowest BCUT2D eigenvalue weighted by molar-refractivity contribution is 0.0527. The van der Waals surface area contributed by atoms with Gasteiger partial charge >= 0.3 is 5.97 Å². The normalized spacial score (nSPS) is 10.4. The highest BCUT2D eigenvalue weighted by Gasteiger charge is 2.16. The van der Waals surface area contributed by atoms with Gasteiger partial charge in [0.15, 0.2) is 0 Å². The Morgan fingerprint density at radius 1 is 1.48 bits per heavy atom. The Balaban J connectivity index is 2.26. The fourth-order valence-electron chi connectivity index (χ4n) is 1.80. The summed E-state index contributed by atoms with van der Waals surface area (Å²) in [5, 5.41) is 5.57. The monoisotopic (exact) mass is 388 g/mol. The van der Waals surface area contributed by atoms with Crippen LogP contribution in [0.15, 0.2) is 28.1 Å². The number of benzene rings is 1. The highest BCUT2D eigenvalue weighted by molar-refractivity contribution is 9.10. The van der Waals surface area contributed by atoms with E-state index in [1.165, 1.54) is 0 Å². The SMILES string of the molecule is CCOC(=O)c1cc(N)cc(Cl)c1NCc1cc(Br)cs1. The fourth-order valence-corrected chi connectivity index (χ4v) is 3.48. The van der Waals surface area contributed by atoms with E-state index in [-0.39, 0.29) is 0 Å². The summed E-state index contributed by atoms with van der Waals surface area (Å²) >= 11 is 11.2. The minimum Gasteiger partial charge on any atom is -0.462 e. The summed E-state index contributed by atoms with van der Waals surface area (Å²) in [6.07, 6.45) is 0. The van der Waals surface area contributed by atoms with Crippen molar-refractivity contribution in [3.8, 4) is 0 Å². The van der Waals surface area contributed by atoms with Crippen molar-refractivity contribution >= 4 is 56.2 Å². The molecule has 0 unspecified atom stereocenters. The van der Waals surface area contributed by atoms with Crippen molar-refractivity contribution in [1.82, 2.24) is 0 Å². The third-order valence-corrected chi connectivity index (χ3v) is 4.66. The molecule has 112 valence electrons. The number of thiophene rings is 1. The molecule has 0 amide bonds. The first-order valence-electron chi connectivity index (χ1n) is 6.24. The van der Waals surface area contributed by atoms with Crippen molar-refractivity contribution in [2.24, 2.45) is 0 Å². The van der Waals surface area contributed by atoms with Crippen LogP contribution in [0.5, 0.6) is 0 Å². The summed E-state index contributed by atoms with van der Waals surface area (Å²) in [6.45, 7) is 2.61. The van der Waals surface area contributed by atoms with Gasteiger partial charge in [0.05, 0.1) is 22.9 Å². The van der Waals surface area contributed by atoms with E-state index in [1.807, 2.05) is 11.4 Å². The van der Waals surface area contributed by atoms with Crippen LogP contribution in [-0.4, -0.2) is 12.6 Å². The van der Waals surface area contributed by atoms with E-state index in [0.29, 0.717) is 35.1 Å². The Hall–Kier alpha value is -1.24. The predicted octanol–water partition coefficient (Wildman–Crippen LogP) is 4.54. The molecule has 0 bridgehead atoms. The van der Waals surface area contributed by atoms with Crippen molar-refractivity contribution in [3.63, 3.8) is 0 Å². The van der Waals surface area contributed by atoms with Crippen molar-refractivity contribution < 1.29 is 9.53 Å². The molecule has 2 rings (SSSR count). The molecule has 1 aromatic carbocycles. The van der Waals surface area contributed by atoms with Crippen molar-refractivity contribution in [2.75, 3.05) is 17.7 Å². The first-order valence-corrected chi connectivity index (χ1v) is 8.29. The molecular weight excluding hydrogens is 376 g/mol. The summed E-state index contributed by atoms with van der Waals surface area (Å²) in [5.41, 5.74) is 7.05. The highest BCUT2D eigenvalue weighted by atomic mass is 79.9. The topological polar surface area (TPSA) is 64.3 Å². The first kappa shape index (κ1) is 16.1. The molecule has 0 fully saturated rings. The van der Waals surface area contributed by atoms with Gasteiger partial charge in [-0.1, -0.05) is 11.6 Å². The smallest absolute Gasteiger partial charge is 0.340 e. The number of hydrogen-bond donors (Lipinski definition) is 2. The molecule has 0 aliphatic carbocycles. The summed E-state index contributed by atoms with van der Waals surface area (Å²) in [4.78, 5) is 13.1. The van der Waals surface area contributed by atoms with Crippen molar-refractivity contribution in [2.45, 2.75) is 13.5 Å². The molecule has 1 aromatic heterocycles. The number of hydrogen-bond acceptors (Lipinski definition) is 5. The van der Waals surface area contributed by atoms with Gasteiger partial charge in [-0.15, -0.1) is 11.3 Å². The zero-order chi connectivity index (χ0) is 15.4. The number of nitrogens with one attached hydrogen (secondary N) is 1. The maximum atomic E-state index is 12.0. The summed E-state index contributed by atoms with van der Waals surface area (Å²) in [6, 6.07) is 5.18. The van der Waals surface area contributed by atoms with Crippen LogP contribution in [0.4, 0.5) is 11.4 Å². The van der Waals surface area contributed by atoms with Gasteiger partial charge in [-0.05, 0) is 41.1 Å². The predicted molar refractivity (Wildman–Crippen MR) is 91.2 cm³/mol. The van der Waals surface area contributed by atoms with Crippen LogP contribution in [0, 0.1) is 0 Å². The minimum atomic E-state index is -0.443. The molecule has 1 heterocycles. The van der Waals surface area contributed by atoms with Gasteiger partial charge in [0.1, 0.15) is 0 Å². The molecule has 0 atom stereocenters. The van der Waals surface area contributed by atoms with E-state index in [9.17, 15) is 4.79 Å². The van der Waals surface area contributed by atoms with Gasteiger partial charge < -0.3 is 15.8 Å². The molecule has 4 nitrogen and oxygen atoms in total. The number of esters is 1. The quantitative estimate of drug-likeness (QED) is 0.582. The van der Waals surface area contributed by atoms with Crippen LogP contribution in [0.3, 0.4) is 0 Å². The molecule has 0 saturated carbocycles. The molecule has 2 aromatic rings. The molecule has 0 radical (unpaired) electrons. The van der Waals surface area contributed by atoms with E-state index in [1.54, 1.807) is 30.4 Å². The van der Waals surface area contributed by atoms with Crippen LogP contribution < -0.4 is 11.1 Å². The van der Waals surface area contributed by atoms with E-state index >= 15 is 0 Å². The molecule has 0 spiro atoms. The van der Waals surface area contributed by atoms with Crippen molar-refractivity contribution in [1.29, 1.82) is 0 Å². The van der Waals surface area contributed by atoms with Crippen LogP contribution >= 0.6 is 38.9 Å². The van der Waals surface area contributed by atoms with Crippen LogP contribution in [-0.2, 0) is 11.3 Å². The standard InChI is InChI=1S/C14H14BrClN2O2S/c1-2-20-14(19)11-4-9(17)5-12(16)13(11)18-6-10-3-8(15)7-21-10/h3-5,7,18H,2,6,17H2,1H3. The zero-order valence-electron chi connectivity index (χ0n) is 11.3. The van der Waals surface area contributed by atoms with Gasteiger partial charge in [0.2, 0.25) is 0 Å². The number of carbonyl (C=O) groups is 1. The molecule has 3 N–H and O–H groups in total. The number of rotatable bonds is 5. The Morgan fingerprint density at radius 2 is 2.24 bits per heavy atom. The number of carbonyl (C=O) groups excluding carboxylic acids is 1. The molecule has 21 heavy (non-hydrogen) atoms. The van der Waals surface area contributed by atoms with E-state index in [0.717, 1.165) is 9.35 Å². The fraction of sp³-hybridized carbons (Fsp3) is 0.214. The largest absolute Gasteiger partial charge is 0.462 e. The Morgan fingerprint density at radius 3 is 2.86 bits per heavy atom. The Kier molecular flexibility index (Phi) is 5.50. The lowest BCUT2D eigenvalue weighted by Crippen LogP contribution is -2.11. The zero-order valence-corrected chi connectivity index (χ0v) is 14.4. The van der Waals surface area contributed by atoms with Gasteiger partial charge in [-0.2, -0.15) is 0 Å². The maximum Gasteiger partial charge on any atom is 0.340 e. The molecule has 0 saturated heterocycles. The molecular formula is C14H14BrClN2O2S. The van der Waals surface area contributed by atoms with Gasteiger partial charge in [0, 0.05) is 27.0 Å². The van der Waals surface area contributed by atoms with Gasteiger partial charge in [-0.3, -0.25) is 0 Å². The third-order valence-electron chi connectivity index (χ3n) is 2.67. The molecule has 0 aliphatic rings. The second-order valence-corrected chi connectivity index (χ2v) is 6.55. The van der Waals surface area contributed by atoms with E-state index in [4.69, 9.17) is 22.1 Å². The Labute approximate surface area is 140 Å². The van der Waals surface area contributed by atoms with Crippen LogP contribution in [0.2, 0.25) is 5.02 Å². The van der Waals surface area contributed by atoms with E-state index < -0.39 is 5.97 Å². The summed E-state index contributed by atoms with van der Waals surface area (Å²) in [5.74, 6) is -0.443. The Bertz CT molecular complexity index is 660. The second kappa shape index (κ2) is 7.15. The number of ether oxygens (including phenoxy) is 1. The second-order valence-electron chi connectivity index (χ2n) is 4.23. The number of anilines is 2. The van der Waals surface area contributed by atoms with E-state index in [2.05, 4.69) is 21.2 Å². The average Bonchev–Trinajstić information content (AvgIpc) is 2.83. The number of nitrogens with two attached hydrogens (primary N) is 1. The molecule has 0 aliphatic heterocycles. The third kappa shape index (κ3) is 4.12. The van der Waals surface area contributed by atoms with Crippen LogP contribution in [0.25, 0.3) is 0 Å².